The summed E-state index contributed by atoms with van der Waals surface area (Å²) in [6.45, 7) is 2.04. The van der Waals surface area contributed by atoms with E-state index in [9.17, 15) is 5.11 Å². The van der Waals surface area contributed by atoms with E-state index < -0.39 is 6.10 Å². The Balaban J connectivity index is 1.96. The number of hydrogen-bond acceptors (Lipinski definition) is 1. The molecule has 1 N–H and O–H groups in total. The van der Waals surface area contributed by atoms with Crippen LogP contribution in [-0.4, -0.2) is 5.11 Å². The smallest absolute Gasteiger partial charge is 0.0793 e. The molecule has 94 valence electrons. The Hall–Kier alpha value is -1.31. The van der Waals surface area contributed by atoms with Crippen LogP contribution in [0.25, 0.3) is 0 Å². The number of halogens is 1. The molecule has 18 heavy (non-hydrogen) atoms. The molecule has 0 amide bonds. The van der Waals surface area contributed by atoms with E-state index in [1.807, 2.05) is 55.5 Å². The van der Waals surface area contributed by atoms with Gasteiger partial charge in [-0.05, 0) is 43.0 Å². The molecule has 0 aliphatic rings. The van der Waals surface area contributed by atoms with E-state index in [-0.39, 0.29) is 0 Å². The SMILES string of the molecule is Cc1ccc(C(O)CCc2cccc(Cl)c2)cc1. The Morgan fingerprint density at radius 2 is 1.83 bits per heavy atom. The van der Waals surface area contributed by atoms with Crippen molar-refractivity contribution in [2.45, 2.75) is 25.9 Å². The molecule has 0 bridgehead atoms. The summed E-state index contributed by atoms with van der Waals surface area (Å²) in [7, 11) is 0. The average Bonchev–Trinajstić information content (AvgIpc) is 2.37. The van der Waals surface area contributed by atoms with E-state index in [1.54, 1.807) is 0 Å². The van der Waals surface area contributed by atoms with E-state index in [2.05, 4.69) is 0 Å². The standard InChI is InChI=1S/C16H17ClO/c1-12-5-8-14(9-6-12)16(18)10-7-13-3-2-4-15(17)11-13/h2-6,8-9,11,16,18H,7,10H2,1H3. The fourth-order valence-electron chi connectivity index (χ4n) is 1.95. The fraction of sp³-hybridized carbons (Fsp3) is 0.250. The monoisotopic (exact) mass is 260 g/mol. The van der Waals surface area contributed by atoms with Gasteiger partial charge in [-0.2, -0.15) is 0 Å². The molecule has 0 aliphatic heterocycles. The Morgan fingerprint density at radius 1 is 1.11 bits per heavy atom. The Morgan fingerprint density at radius 3 is 2.50 bits per heavy atom. The molecule has 0 saturated carbocycles. The summed E-state index contributed by atoms with van der Waals surface area (Å²) in [5.74, 6) is 0. The van der Waals surface area contributed by atoms with Crippen LogP contribution in [0.1, 0.15) is 29.2 Å². The lowest BCUT2D eigenvalue weighted by atomic mass is 10.0. The number of aliphatic hydroxyl groups is 1. The third kappa shape index (κ3) is 3.59. The van der Waals surface area contributed by atoms with E-state index in [0.717, 1.165) is 22.6 Å². The quantitative estimate of drug-likeness (QED) is 0.868. The second kappa shape index (κ2) is 6.03. The van der Waals surface area contributed by atoms with E-state index in [0.29, 0.717) is 6.42 Å². The zero-order valence-electron chi connectivity index (χ0n) is 10.4. The molecule has 0 aromatic heterocycles. The number of rotatable bonds is 4. The van der Waals surface area contributed by atoms with Gasteiger partial charge in [-0.1, -0.05) is 53.6 Å². The van der Waals surface area contributed by atoms with Crippen molar-refractivity contribution in [1.29, 1.82) is 0 Å². The molecule has 1 atom stereocenters. The van der Waals surface area contributed by atoms with Gasteiger partial charge in [0.2, 0.25) is 0 Å². The molecule has 0 aliphatic carbocycles. The zero-order valence-corrected chi connectivity index (χ0v) is 11.2. The first-order valence-corrected chi connectivity index (χ1v) is 6.52. The number of aliphatic hydroxyl groups excluding tert-OH is 1. The van der Waals surface area contributed by atoms with Crippen molar-refractivity contribution >= 4 is 11.6 Å². The van der Waals surface area contributed by atoms with Crippen LogP contribution in [0.15, 0.2) is 48.5 Å². The summed E-state index contributed by atoms with van der Waals surface area (Å²) in [5.41, 5.74) is 3.34. The van der Waals surface area contributed by atoms with Crippen LogP contribution < -0.4 is 0 Å². The van der Waals surface area contributed by atoms with Crippen molar-refractivity contribution in [2.75, 3.05) is 0 Å². The van der Waals surface area contributed by atoms with Crippen molar-refractivity contribution in [1.82, 2.24) is 0 Å². The largest absolute Gasteiger partial charge is 0.388 e. The molecule has 0 heterocycles. The van der Waals surface area contributed by atoms with Crippen molar-refractivity contribution in [3.63, 3.8) is 0 Å². The van der Waals surface area contributed by atoms with Crippen molar-refractivity contribution in [3.8, 4) is 0 Å². The maximum absolute atomic E-state index is 10.1. The molecule has 2 rings (SSSR count). The maximum atomic E-state index is 10.1. The highest BCUT2D eigenvalue weighted by Crippen LogP contribution is 2.20. The summed E-state index contributed by atoms with van der Waals surface area (Å²) >= 11 is 5.93. The second-order valence-corrected chi connectivity index (χ2v) is 5.03. The van der Waals surface area contributed by atoms with Crippen LogP contribution in [-0.2, 0) is 6.42 Å². The van der Waals surface area contributed by atoms with Gasteiger partial charge in [0.15, 0.2) is 0 Å². The fourth-order valence-corrected chi connectivity index (χ4v) is 2.16. The highest BCUT2D eigenvalue weighted by molar-refractivity contribution is 6.30. The molecule has 0 spiro atoms. The van der Waals surface area contributed by atoms with E-state index in [1.165, 1.54) is 5.56 Å². The third-order valence-electron chi connectivity index (χ3n) is 3.06. The minimum Gasteiger partial charge on any atom is -0.388 e. The van der Waals surface area contributed by atoms with Gasteiger partial charge in [0.25, 0.3) is 0 Å². The molecule has 2 heteroatoms. The lowest BCUT2D eigenvalue weighted by Crippen LogP contribution is -1.99. The summed E-state index contributed by atoms with van der Waals surface area (Å²) in [6, 6.07) is 15.8. The van der Waals surface area contributed by atoms with Gasteiger partial charge in [0.1, 0.15) is 0 Å². The molecule has 2 aromatic carbocycles. The van der Waals surface area contributed by atoms with Crippen LogP contribution >= 0.6 is 11.6 Å². The van der Waals surface area contributed by atoms with Gasteiger partial charge in [-0.25, -0.2) is 0 Å². The molecular weight excluding hydrogens is 244 g/mol. The lowest BCUT2D eigenvalue weighted by Gasteiger charge is -2.11. The minimum absolute atomic E-state index is 0.412. The van der Waals surface area contributed by atoms with Crippen molar-refractivity contribution in [3.05, 3.63) is 70.2 Å². The Labute approximate surface area is 113 Å². The molecule has 0 saturated heterocycles. The Kier molecular flexibility index (Phi) is 4.40. The predicted octanol–water partition coefficient (Wildman–Crippen LogP) is 4.31. The second-order valence-electron chi connectivity index (χ2n) is 4.60. The average molecular weight is 261 g/mol. The van der Waals surface area contributed by atoms with E-state index >= 15 is 0 Å². The van der Waals surface area contributed by atoms with Gasteiger partial charge >= 0.3 is 0 Å². The zero-order chi connectivity index (χ0) is 13.0. The van der Waals surface area contributed by atoms with Gasteiger partial charge in [-0.15, -0.1) is 0 Å². The first-order chi connectivity index (χ1) is 8.65. The summed E-state index contributed by atoms with van der Waals surface area (Å²) in [4.78, 5) is 0. The topological polar surface area (TPSA) is 20.2 Å². The van der Waals surface area contributed by atoms with Crippen LogP contribution in [0.3, 0.4) is 0 Å². The first kappa shape index (κ1) is 13.1. The van der Waals surface area contributed by atoms with Crippen molar-refractivity contribution in [2.24, 2.45) is 0 Å². The predicted molar refractivity (Wildman–Crippen MR) is 75.9 cm³/mol. The molecule has 0 fully saturated rings. The lowest BCUT2D eigenvalue weighted by molar-refractivity contribution is 0.168. The van der Waals surface area contributed by atoms with Gasteiger partial charge < -0.3 is 5.11 Å². The summed E-state index contributed by atoms with van der Waals surface area (Å²) in [5, 5.41) is 10.9. The Bertz CT molecular complexity index is 505. The number of benzene rings is 2. The van der Waals surface area contributed by atoms with E-state index in [4.69, 9.17) is 11.6 Å². The van der Waals surface area contributed by atoms with Crippen LogP contribution in [0.2, 0.25) is 5.02 Å². The highest BCUT2D eigenvalue weighted by Gasteiger charge is 2.07. The molecule has 2 aromatic rings. The molecule has 1 nitrogen and oxygen atoms in total. The maximum Gasteiger partial charge on any atom is 0.0793 e. The molecule has 0 radical (unpaired) electrons. The van der Waals surface area contributed by atoms with Crippen LogP contribution in [0.4, 0.5) is 0 Å². The van der Waals surface area contributed by atoms with Crippen molar-refractivity contribution < 1.29 is 5.11 Å². The third-order valence-corrected chi connectivity index (χ3v) is 3.29. The molecular formula is C16H17ClO. The molecule has 1 unspecified atom stereocenters. The van der Waals surface area contributed by atoms with Gasteiger partial charge in [0, 0.05) is 5.02 Å². The summed E-state index contributed by atoms with van der Waals surface area (Å²) < 4.78 is 0. The number of hydrogen-bond donors (Lipinski definition) is 1. The number of aryl methyl sites for hydroxylation is 2. The van der Waals surface area contributed by atoms with Gasteiger partial charge in [0.05, 0.1) is 6.10 Å². The normalized spacial score (nSPS) is 12.4. The van der Waals surface area contributed by atoms with Crippen LogP contribution in [0.5, 0.6) is 0 Å². The summed E-state index contributed by atoms with van der Waals surface area (Å²) in [6.07, 6.45) is 1.13. The van der Waals surface area contributed by atoms with Gasteiger partial charge in [-0.3, -0.25) is 0 Å². The highest BCUT2D eigenvalue weighted by atomic mass is 35.5. The van der Waals surface area contributed by atoms with Crippen LogP contribution in [0, 0.1) is 6.92 Å². The minimum atomic E-state index is -0.412. The first-order valence-electron chi connectivity index (χ1n) is 6.14.